The number of hydrogen-bond donors (Lipinski definition) is 0. The number of benzene rings is 3. The van der Waals surface area contributed by atoms with Crippen LogP contribution in [0.4, 0.5) is 0 Å². The van der Waals surface area contributed by atoms with Crippen LogP contribution in [0.25, 0.3) is 10.9 Å². The van der Waals surface area contributed by atoms with E-state index < -0.39 is 33.3 Å². The lowest BCUT2D eigenvalue weighted by molar-refractivity contribution is -0.149. The number of phosphoric acid groups is 1. The first-order chi connectivity index (χ1) is 26.2. The average molecular weight is 753 g/mol. The van der Waals surface area contributed by atoms with Gasteiger partial charge in [-0.1, -0.05) is 91.0 Å². The summed E-state index contributed by atoms with van der Waals surface area (Å²) in [5.74, 6) is -1.29. The molecule has 2 aliphatic heterocycles. The van der Waals surface area contributed by atoms with Crippen LogP contribution in [0.15, 0.2) is 139 Å². The smallest absolute Gasteiger partial charge is 0.434 e. The van der Waals surface area contributed by atoms with Gasteiger partial charge in [-0.05, 0) is 43.3 Å². The zero-order chi connectivity index (χ0) is 37.8. The van der Waals surface area contributed by atoms with Crippen molar-refractivity contribution in [3.8, 4) is 0 Å². The highest BCUT2D eigenvalue weighted by atomic mass is 31.2. The molecule has 2 aliphatic rings. The number of phosphoric ester groups is 1. The number of fused-ring (bicyclic) bond motifs is 1. The predicted octanol–water partition coefficient (Wildman–Crippen LogP) is 7.47. The van der Waals surface area contributed by atoms with Gasteiger partial charge in [-0.3, -0.25) is 4.52 Å². The number of nitrogens with zero attached hydrogens (tertiary/aromatic N) is 4. The number of aromatic nitrogens is 1. The van der Waals surface area contributed by atoms with Crippen molar-refractivity contribution in [1.82, 2.24) is 19.3 Å². The van der Waals surface area contributed by atoms with E-state index in [-0.39, 0.29) is 6.73 Å². The zero-order valence-corrected chi connectivity index (χ0v) is 31.4. The molecule has 1 aromatic heterocycles. The number of para-hydroxylation sites is 1. The summed E-state index contributed by atoms with van der Waals surface area (Å²) >= 11 is 0. The summed E-state index contributed by atoms with van der Waals surface area (Å²) in [7, 11) is -0.442. The summed E-state index contributed by atoms with van der Waals surface area (Å²) in [5.41, 5.74) is 4.90. The molecule has 3 aromatic carbocycles. The Morgan fingerprint density at radius 2 is 1.22 bits per heavy atom. The summed E-state index contributed by atoms with van der Waals surface area (Å²) in [5, 5.41) is 1.04. The first-order valence-corrected chi connectivity index (χ1v) is 19.1. The highest BCUT2D eigenvalue weighted by molar-refractivity contribution is 7.48. The molecule has 0 atom stereocenters. The molecular weight excluding hydrogens is 707 g/mol. The van der Waals surface area contributed by atoms with Gasteiger partial charge in [0.1, 0.15) is 6.73 Å². The van der Waals surface area contributed by atoms with Gasteiger partial charge in [0.05, 0.1) is 16.7 Å². The molecule has 0 spiro atoms. The predicted molar refractivity (Wildman–Crippen MR) is 205 cm³/mol. The van der Waals surface area contributed by atoms with E-state index in [4.69, 9.17) is 23.0 Å². The lowest BCUT2D eigenvalue weighted by Gasteiger charge is -2.22. The number of hydrogen-bond acceptors (Lipinski definition) is 11. The standard InChI is InChI=1S/C41H45N4O8P/c1-42(2)24-21-35-29-45(39-20-10-9-19-38(35)39)30-51-54(48,52-31-49-40(46)36-17-11-22-43(27-36)25-33-13-5-3-6-14-33)53-32-50-41(47)37-18-12-23-44(28-37)26-34-15-7-4-8-16-34/h3-16,19-20,22-23,27-29H,17-18,21,24-26,30-32H2,1-2H3. The van der Waals surface area contributed by atoms with Gasteiger partial charge in [-0.25, -0.2) is 23.2 Å². The van der Waals surface area contributed by atoms with E-state index >= 15 is 0 Å². The van der Waals surface area contributed by atoms with E-state index in [0.29, 0.717) is 37.1 Å². The fourth-order valence-electron chi connectivity index (χ4n) is 5.97. The number of rotatable bonds is 18. The largest absolute Gasteiger partial charge is 0.482 e. The van der Waals surface area contributed by atoms with Gasteiger partial charge in [0.2, 0.25) is 13.6 Å². The Morgan fingerprint density at radius 3 is 1.76 bits per heavy atom. The van der Waals surface area contributed by atoms with Crippen molar-refractivity contribution in [3.63, 3.8) is 0 Å². The van der Waals surface area contributed by atoms with Crippen LogP contribution in [-0.2, 0) is 63.4 Å². The Balaban J connectivity index is 1.10. The van der Waals surface area contributed by atoms with Crippen LogP contribution < -0.4 is 0 Å². The van der Waals surface area contributed by atoms with Crippen LogP contribution in [-0.4, -0.2) is 65.4 Å². The van der Waals surface area contributed by atoms with E-state index in [1.165, 1.54) is 0 Å². The minimum Gasteiger partial charge on any atom is -0.434 e. The summed E-state index contributed by atoms with van der Waals surface area (Å²) in [6.45, 7) is 0.315. The van der Waals surface area contributed by atoms with E-state index in [0.717, 1.165) is 40.6 Å². The second-order valence-corrected chi connectivity index (χ2v) is 14.7. The molecule has 0 bridgehead atoms. The second kappa shape index (κ2) is 18.7. The van der Waals surface area contributed by atoms with Crippen molar-refractivity contribution < 1.29 is 37.2 Å². The van der Waals surface area contributed by atoms with Crippen LogP contribution in [0.3, 0.4) is 0 Å². The minimum atomic E-state index is -4.46. The molecule has 54 heavy (non-hydrogen) atoms. The summed E-state index contributed by atoms with van der Waals surface area (Å²) < 4.78 is 43.4. The number of allylic oxidation sites excluding steroid dienone is 2. The third-order valence-corrected chi connectivity index (χ3v) is 9.98. The van der Waals surface area contributed by atoms with Gasteiger partial charge in [-0.2, -0.15) is 0 Å². The molecule has 0 radical (unpaired) electrons. The maximum atomic E-state index is 14.0. The van der Waals surface area contributed by atoms with Crippen LogP contribution in [0.1, 0.15) is 29.5 Å². The second-order valence-electron chi connectivity index (χ2n) is 13.1. The number of esters is 2. The van der Waals surface area contributed by atoms with E-state index in [1.54, 1.807) is 17.0 Å². The molecule has 12 nitrogen and oxygen atoms in total. The number of likely N-dealkylation sites (N-methyl/N-ethyl adjacent to an activating group) is 1. The Hall–Kier alpha value is -5.23. The molecule has 0 N–H and O–H groups in total. The minimum absolute atomic E-state index is 0.212. The van der Waals surface area contributed by atoms with Crippen molar-refractivity contribution in [3.05, 3.63) is 156 Å². The molecule has 0 saturated heterocycles. The Kier molecular flexibility index (Phi) is 13.3. The van der Waals surface area contributed by atoms with Crippen LogP contribution >= 0.6 is 7.82 Å². The van der Waals surface area contributed by atoms with Gasteiger partial charge in [0, 0.05) is 68.9 Å². The Morgan fingerprint density at radius 1 is 0.704 bits per heavy atom. The molecule has 0 fully saturated rings. The molecule has 6 rings (SSSR count). The SMILES string of the molecule is CN(C)CCc1cn(COP(=O)(OCOC(=O)C2=CN(Cc3ccccc3)C=CC2)OCOC(=O)C2=CN(Cc3ccccc3)C=CC2)c2ccccc12. The Labute approximate surface area is 315 Å². The van der Waals surface area contributed by atoms with E-state index in [9.17, 15) is 14.2 Å². The van der Waals surface area contributed by atoms with Gasteiger partial charge < -0.3 is 28.7 Å². The molecule has 4 aromatic rings. The van der Waals surface area contributed by atoms with Crippen molar-refractivity contribution in [2.24, 2.45) is 0 Å². The fraction of sp³-hybridized carbons (Fsp3) is 0.268. The van der Waals surface area contributed by atoms with Crippen molar-refractivity contribution in [1.29, 1.82) is 0 Å². The topological polar surface area (TPSA) is 112 Å². The monoisotopic (exact) mass is 752 g/mol. The third-order valence-electron chi connectivity index (χ3n) is 8.71. The fourth-order valence-corrected chi connectivity index (χ4v) is 6.82. The molecule has 282 valence electrons. The van der Waals surface area contributed by atoms with Gasteiger partial charge in [-0.15, -0.1) is 0 Å². The van der Waals surface area contributed by atoms with Crippen molar-refractivity contribution in [2.75, 3.05) is 34.2 Å². The normalized spacial score (nSPS) is 14.4. The maximum Gasteiger partial charge on any atom is 0.482 e. The molecule has 0 unspecified atom stereocenters. The van der Waals surface area contributed by atoms with Crippen LogP contribution in [0.5, 0.6) is 0 Å². The lowest BCUT2D eigenvalue weighted by Crippen LogP contribution is -2.19. The average Bonchev–Trinajstić information content (AvgIpc) is 3.55. The van der Waals surface area contributed by atoms with Gasteiger partial charge in [0.25, 0.3) is 0 Å². The molecule has 0 aliphatic carbocycles. The molecule has 3 heterocycles. The number of ether oxygens (including phenoxy) is 2. The van der Waals surface area contributed by atoms with Crippen LogP contribution in [0, 0.1) is 0 Å². The first-order valence-electron chi connectivity index (χ1n) is 17.7. The van der Waals surface area contributed by atoms with Gasteiger partial charge in [0.15, 0.2) is 0 Å². The van der Waals surface area contributed by atoms with Gasteiger partial charge >= 0.3 is 19.8 Å². The van der Waals surface area contributed by atoms with E-state index in [2.05, 4.69) is 4.90 Å². The number of carbonyl (C=O) groups excluding carboxylic acids is 2. The number of carbonyl (C=O) groups is 2. The molecule has 0 amide bonds. The quantitative estimate of drug-likeness (QED) is 0.0574. The highest BCUT2D eigenvalue weighted by Crippen LogP contribution is 2.50. The molecule has 0 saturated carbocycles. The van der Waals surface area contributed by atoms with Crippen molar-refractivity contribution >= 4 is 30.7 Å². The van der Waals surface area contributed by atoms with Crippen LogP contribution in [0.2, 0.25) is 0 Å². The Bertz CT molecular complexity index is 1960. The maximum absolute atomic E-state index is 14.0. The summed E-state index contributed by atoms with van der Waals surface area (Å²) in [6, 6.07) is 27.6. The van der Waals surface area contributed by atoms with E-state index in [1.807, 2.05) is 140 Å². The summed E-state index contributed by atoms with van der Waals surface area (Å²) in [4.78, 5) is 32.0. The molecule has 13 heteroatoms. The third kappa shape index (κ3) is 10.9. The lowest BCUT2D eigenvalue weighted by atomic mass is 10.1. The summed E-state index contributed by atoms with van der Waals surface area (Å²) in [6.07, 6.45) is 14.4. The molecular formula is C41H45N4O8P. The van der Waals surface area contributed by atoms with Crippen molar-refractivity contribution in [2.45, 2.75) is 39.1 Å². The first kappa shape index (κ1) is 38.5. The highest BCUT2D eigenvalue weighted by Gasteiger charge is 2.30. The zero-order valence-electron chi connectivity index (χ0n) is 30.5.